The number of fused-ring (bicyclic) bond motifs is 1. The van der Waals surface area contributed by atoms with Crippen LogP contribution in [0.4, 0.5) is 0 Å². The monoisotopic (exact) mass is 495 g/mol. The van der Waals surface area contributed by atoms with Crippen LogP contribution in [0.1, 0.15) is 83.6 Å². The van der Waals surface area contributed by atoms with Gasteiger partial charge in [-0.2, -0.15) is 0 Å². The molecule has 1 aliphatic heterocycles. The van der Waals surface area contributed by atoms with Crippen molar-refractivity contribution < 1.29 is 14.6 Å². The van der Waals surface area contributed by atoms with E-state index >= 15 is 0 Å². The van der Waals surface area contributed by atoms with E-state index in [9.17, 15) is 10.2 Å². The Labute approximate surface area is 213 Å². The minimum absolute atomic E-state index is 0.102. The highest BCUT2D eigenvalue weighted by atomic mass is 28.4. The Morgan fingerprint density at radius 1 is 0.914 bits per heavy atom. The second kappa shape index (κ2) is 10.4. The summed E-state index contributed by atoms with van der Waals surface area (Å²) in [6, 6.07) is 16.5. The number of nitrogens with zero attached hydrogens (tertiary/aromatic N) is 1. The van der Waals surface area contributed by atoms with E-state index in [1.807, 2.05) is 30.3 Å². The molecular weight excluding hydrogens is 450 g/mol. The van der Waals surface area contributed by atoms with Crippen molar-refractivity contribution in [1.82, 2.24) is 4.90 Å². The Morgan fingerprint density at radius 3 is 2.09 bits per heavy atom. The third kappa shape index (κ3) is 4.98. The third-order valence-electron chi connectivity index (χ3n) is 8.91. The maximum atomic E-state index is 11.4. The molecule has 0 saturated carbocycles. The molecule has 1 aliphatic carbocycles. The van der Waals surface area contributed by atoms with Crippen molar-refractivity contribution in [3.8, 4) is 5.75 Å². The first kappa shape index (κ1) is 26.4. The second-order valence-electron chi connectivity index (χ2n) is 11.8. The van der Waals surface area contributed by atoms with Gasteiger partial charge in [0, 0.05) is 19.1 Å². The normalized spacial score (nSPS) is 23.1. The predicted molar refractivity (Wildman–Crippen MR) is 146 cm³/mol. The molecule has 1 fully saturated rings. The Balaban J connectivity index is 1.47. The first-order valence-electron chi connectivity index (χ1n) is 13.6. The SMILES string of the molecule is CC(C)[Si](Oc1ccc2c(c1)CC[C@@H](N1CCC(O)(c3ccccc3)CC1)[C@@H]2O)(C(C)C)C(C)C. The Kier molecular flexibility index (Phi) is 7.82. The Morgan fingerprint density at radius 2 is 1.51 bits per heavy atom. The van der Waals surface area contributed by atoms with Crippen LogP contribution in [0, 0.1) is 0 Å². The minimum Gasteiger partial charge on any atom is -0.543 e. The van der Waals surface area contributed by atoms with Gasteiger partial charge in [0.2, 0.25) is 0 Å². The number of rotatable bonds is 7. The molecule has 2 aromatic carbocycles. The Bertz CT molecular complexity index is 961. The molecule has 0 amide bonds. The molecule has 0 radical (unpaired) electrons. The van der Waals surface area contributed by atoms with Crippen molar-refractivity contribution in [2.45, 2.75) is 102 Å². The van der Waals surface area contributed by atoms with Crippen LogP contribution < -0.4 is 4.43 Å². The van der Waals surface area contributed by atoms with Crippen molar-refractivity contribution in [1.29, 1.82) is 0 Å². The summed E-state index contributed by atoms with van der Waals surface area (Å²) in [5, 5.41) is 22.6. The van der Waals surface area contributed by atoms with E-state index in [0.29, 0.717) is 29.5 Å². The van der Waals surface area contributed by atoms with E-state index < -0.39 is 20.0 Å². The Hall–Kier alpha value is -1.66. The van der Waals surface area contributed by atoms with Crippen LogP contribution in [0.3, 0.4) is 0 Å². The fourth-order valence-electron chi connectivity index (χ4n) is 7.02. The summed E-state index contributed by atoms with van der Waals surface area (Å²) in [5.74, 6) is 0.975. The summed E-state index contributed by atoms with van der Waals surface area (Å²) < 4.78 is 6.91. The number of aryl methyl sites for hydroxylation is 1. The minimum atomic E-state index is -2.01. The standard InChI is InChI=1S/C30H45NO3Si/c1-21(2)35(22(3)4,23(5)6)34-26-13-14-27-24(20-26)12-15-28(29(27)32)31-18-16-30(33,17-19-31)25-10-8-7-9-11-25/h7-11,13-14,20-23,28-29,32-33H,12,15-19H2,1-6H3/t28-,29-/m1/s1. The molecular formula is C30H45NO3Si. The van der Waals surface area contributed by atoms with Crippen molar-refractivity contribution in [2.24, 2.45) is 0 Å². The molecule has 4 nitrogen and oxygen atoms in total. The summed E-state index contributed by atoms with van der Waals surface area (Å²) in [6.45, 7) is 15.5. The molecule has 2 aliphatic rings. The number of likely N-dealkylation sites (tertiary alicyclic amines) is 1. The summed E-state index contributed by atoms with van der Waals surface area (Å²) in [6.07, 6.45) is 2.78. The lowest BCUT2D eigenvalue weighted by Crippen LogP contribution is -2.51. The molecule has 1 saturated heterocycles. The lowest BCUT2D eigenvalue weighted by Gasteiger charge is -2.45. The quantitative estimate of drug-likeness (QED) is 0.426. The predicted octanol–water partition coefficient (Wildman–Crippen LogP) is 6.57. The van der Waals surface area contributed by atoms with Gasteiger partial charge in [-0.3, -0.25) is 4.90 Å². The zero-order valence-electron chi connectivity index (χ0n) is 22.5. The van der Waals surface area contributed by atoms with Gasteiger partial charge in [0.1, 0.15) is 5.75 Å². The van der Waals surface area contributed by atoms with Crippen LogP contribution in [0.25, 0.3) is 0 Å². The first-order chi connectivity index (χ1) is 16.6. The van der Waals surface area contributed by atoms with Gasteiger partial charge in [-0.1, -0.05) is 77.9 Å². The van der Waals surface area contributed by atoms with Gasteiger partial charge in [-0.05, 0) is 71.1 Å². The van der Waals surface area contributed by atoms with Crippen LogP contribution in [0.2, 0.25) is 16.6 Å². The number of hydrogen-bond acceptors (Lipinski definition) is 4. The molecule has 1 heterocycles. The summed E-state index contributed by atoms with van der Waals surface area (Å²) in [4.78, 5) is 2.39. The molecule has 192 valence electrons. The van der Waals surface area contributed by atoms with E-state index in [2.05, 4.69) is 64.6 Å². The number of piperidine rings is 1. The van der Waals surface area contributed by atoms with E-state index in [4.69, 9.17) is 4.43 Å². The van der Waals surface area contributed by atoms with Crippen molar-refractivity contribution in [2.75, 3.05) is 13.1 Å². The largest absolute Gasteiger partial charge is 0.543 e. The van der Waals surface area contributed by atoms with E-state index in [0.717, 1.165) is 42.8 Å². The highest BCUT2D eigenvalue weighted by Crippen LogP contribution is 2.44. The zero-order valence-corrected chi connectivity index (χ0v) is 23.5. The van der Waals surface area contributed by atoms with Gasteiger partial charge in [-0.25, -0.2) is 0 Å². The summed E-state index contributed by atoms with van der Waals surface area (Å²) in [7, 11) is -2.01. The van der Waals surface area contributed by atoms with Gasteiger partial charge in [0.15, 0.2) is 0 Å². The maximum Gasteiger partial charge on any atom is 0.258 e. The van der Waals surface area contributed by atoms with Crippen molar-refractivity contribution in [3.05, 3.63) is 65.2 Å². The van der Waals surface area contributed by atoms with Gasteiger partial charge >= 0.3 is 0 Å². The molecule has 0 aromatic heterocycles. The van der Waals surface area contributed by atoms with Gasteiger partial charge in [-0.15, -0.1) is 0 Å². The molecule has 4 rings (SSSR count). The molecule has 2 aromatic rings. The average molecular weight is 496 g/mol. The number of hydrogen-bond donors (Lipinski definition) is 2. The second-order valence-corrected chi connectivity index (χ2v) is 17.1. The molecule has 35 heavy (non-hydrogen) atoms. The van der Waals surface area contributed by atoms with Gasteiger partial charge < -0.3 is 14.6 Å². The van der Waals surface area contributed by atoms with Gasteiger partial charge in [0.25, 0.3) is 8.32 Å². The van der Waals surface area contributed by atoms with Crippen LogP contribution in [-0.2, 0) is 12.0 Å². The molecule has 0 bridgehead atoms. The molecule has 2 N–H and O–H groups in total. The molecule has 5 heteroatoms. The lowest BCUT2D eigenvalue weighted by molar-refractivity contribution is -0.0568. The first-order valence-corrected chi connectivity index (χ1v) is 15.7. The lowest BCUT2D eigenvalue weighted by atomic mass is 9.81. The van der Waals surface area contributed by atoms with Crippen LogP contribution >= 0.6 is 0 Å². The highest BCUT2D eigenvalue weighted by molar-refractivity contribution is 6.78. The van der Waals surface area contributed by atoms with Gasteiger partial charge in [0.05, 0.1) is 11.7 Å². The van der Waals surface area contributed by atoms with Crippen LogP contribution in [-0.4, -0.2) is 42.6 Å². The van der Waals surface area contributed by atoms with Crippen molar-refractivity contribution in [3.63, 3.8) is 0 Å². The van der Waals surface area contributed by atoms with E-state index in [1.54, 1.807) is 0 Å². The van der Waals surface area contributed by atoms with Crippen molar-refractivity contribution >= 4 is 8.32 Å². The number of aliphatic hydroxyl groups is 2. The third-order valence-corrected chi connectivity index (χ3v) is 14.9. The van der Waals surface area contributed by atoms with Crippen LogP contribution in [0.5, 0.6) is 5.75 Å². The maximum absolute atomic E-state index is 11.4. The topological polar surface area (TPSA) is 52.9 Å². The average Bonchev–Trinajstić information content (AvgIpc) is 2.83. The molecule has 2 atom stereocenters. The summed E-state index contributed by atoms with van der Waals surface area (Å²) >= 11 is 0. The fourth-order valence-corrected chi connectivity index (χ4v) is 12.3. The zero-order chi connectivity index (χ0) is 25.4. The van der Waals surface area contributed by atoms with Crippen LogP contribution in [0.15, 0.2) is 48.5 Å². The van der Waals surface area contributed by atoms with E-state index in [1.165, 1.54) is 5.56 Å². The number of aliphatic hydroxyl groups excluding tert-OH is 1. The molecule has 0 unspecified atom stereocenters. The smallest absolute Gasteiger partial charge is 0.258 e. The molecule has 0 spiro atoms. The number of benzene rings is 2. The van der Waals surface area contributed by atoms with E-state index in [-0.39, 0.29) is 6.04 Å². The fraction of sp³-hybridized carbons (Fsp3) is 0.600. The highest BCUT2D eigenvalue weighted by Gasteiger charge is 2.47. The summed E-state index contributed by atoms with van der Waals surface area (Å²) in [5.41, 5.74) is 4.10.